The van der Waals surface area contributed by atoms with Crippen molar-refractivity contribution in [3.8, 4) is 0 Å². The van der Waals surface area contributed by atoms with Crippen LogP contribution in [0.5, 0.6) is 0 Å². The molecule has 0 saturated heterocycles. The van der Waals surface area contributed by atoms with Gasteiger partial charge in [0.05, 0.1) is 0 Å². The fraction of sp³-hybridized carbons (Fsp3) is 0.588. The molecule has 1 atom stereocenters. The molecule has 1 aromatic carbocycles. The Labute approximate surface area is 116 Å². The Balaban J connectivity index is 1.81. The lowest BCUT2D eigenvalue weighted by Gasteiger charge is -2.21. The largest absolute Gasteiger partial charge is 0.385 e. The molecule has 0 aliphatic heterocycles. The molecular formula is C17H25NO. The quantitative estimate of drug-likeness (QED) is 0.850. The van der Waals surface area contributed by atoms with Crippen LogP contribution in [-0.2, 0) is 4.79 Å². The number of anilines is 1. The Bertz CT molecular complexity index is 400. The van der Waals surface area contributed by atoms with Crippen LogP contribution in [-0.4, -0.2) is 12.3 Å². The van der Waals surface area contributed by atoms with E-state index in [-0.39, 0.29) is 0 Å². The highest BCUT2D eigenvalue weighted by atomic mass is 16.1. The number of benzene rings is 1. The highest BCUT2D eigenvalue weighted by Gasteiger charge is 2.18. The Kier molecular flexibility index (Phi) is 5.00. The molecule has 2 heteroatoms. The van der Waals surface area contributed by atoms with E-state index < -0.39 is 0 Å². The number of carbonyl (C=O) groups excluding carboxylic acids is 1. The Morgan fingerprint density at radius 1 is 1.21 bits per heavy atom. The van der Waals surface area contributed by atoms with E-state index in [1.807, 2.05) is 0 Å². The number of Topliss-reactive ketones (excluding diaryl/α,β-unsaturated/α-hetero) is 1. The van der Waals surface area contributed by atoms with Crippen LogP contribution in [0, 0.1) is 5.92 Å². The van der Waals surface area contributed by atoms with Crippen LogP contribution >= 0.6 is 0 Å². The zero-order chi connectivity index (χ0) is 13.7. The molecule has 1 unspecified atom stereocenters. The summed E-state index contributed by atoms with van der Waals surface area (Å²) < 4.78 is 0. The van der Waals surface area contributed by atoms with E-state index in [4.69, 9.17) is 0 Å². The second kappa shape index (κ2) is 6.74. The summed E-state index contributed by atoms with van der Waals surface area (Å²) in [6.45, 7) is 5.48. The van der Waals surface area contributed by atoms with Gasteiger partial charge in [0.25, 0.3) is 0 Å². The molecule has 2 rings (SSSR count). The van der Waals surface area contributed by atoms with Crippen molar-refractivity contribution in [3.63, 3.8) is 0 Å². The molecule has 0 spiro atoms. The van der Waals surface area contributed by atoms with Gasteiger partial charge < -0.3 is 5.32 Å². The first-order chi connectivity index (χ1) is 9.19. The molecule has 0 bridgehead atoms. The topological polar surface area (TPSA) is 29.1 Å². The lowest BCUT2D eigenvalue weighted by Crippen LogP contribution is -2.21. The third kappa shape index (κ3) is 4.09. The summed E-state index contributed by atoms with van der Waals surface area (Å²) in [6, 6.07) is 8.80. The van der Waals surface area contributed by atoms with Gasteiger partial charge in [-0.15, -0.1) is 0 Å². The van der Waals surface area contributed by atoms with Crippen molar-refractivity contribution < 1.29 is 4.79 Å². The first-order valence-electron chi connectivity index (χ1n) is 7.54. The van der Waals surface area contributed by atoms with Gasteiger partial charge in [-0.2, -0.15) is 0 Å². The van der Waals surface area contributed by atoms with Crippen LogP contribution in [0.4, 0.5) is 5.69 Å². The predicted molar refractivity (Wildman–Crippen MR) is 80.6 cm³/mol. The van der Waals surface area contributed by atoms with Crippen LogP contribution in [0.25, 0.3) is 0 Å². The van der Waals surface area contributed by atoms with Crippen molar-refractivity contribution in [1.29, 1.82) is 0 Å². The summed E-state index contributed by atoms with van der Waals surface area (Å²) in [4.78, 5) is 11.2. The van der Waals surface area contributed by atoms with Crippen molar-refractivity contribution in [2.24, 2.45) is 5.92 Å². The van der Waals surface area contributed by atoms with Crippen LogP contribution in [0.1, 0.15) is 57.4 Å². The fourth-order valence-electron chi connectivity index (χ4n) is 2.63. The van der Waals surface area contributed by atoms with Crippen LogP contribution < -0.4 is 5.32 Å². The molecule has 104 valence electrons. The Hall–Kier alpha value is -1.31. The molecule has 1 saturated carbocycles. The minimum Gasteiger partial charge on any atom is -0.385 e. The van der Waals surface area contributed by atoms with Gasteiger partial charge in [-0.3, -0.25) is 4.79 Å². The maximum Gasteiger partial charge on any atom is 0.132 e. The smallest absolute Gasteiger partial charge is 0.132 e. The third-order valence-electron chi connectivity index (χ3n) is 4.35. The predicted octanol–water partition coefficient (Wildman–Crippen LogP) is 4.37. The van der Waals surface area contributed by atoms with Crippen molar-refractivity contribution in [2.45, 2.75) is 51.9 Å². The van der Waals surface area contributed by atoms with Gasteiger partial charge in [0.15, 0.2) is 0 Å². The maximum atomic E-state index is 11.2. The molecule has 2 nitrogen and oxygen atoms in total. The average molecular weight is 259 g/mol. The fourth-order valence-corrected chi connectivity index (χ4v) is 2.63. The number of ketones is 1. The summed E-state index contributed by atoms with van der Waals surface area (Å²) in [5.74, 6) is 1.74. The van der Waals surface area contributed by atoms with E-state index in [9.17, 15) is 4.79 Å². The van der Waals surface area contributed by atoms with E-state index in [1.165, 1.54) is 17.7 Å². The Morgan fingerprint density at radius 3 is 2.42 bits per heavy atom. The van der Waals surface area contributed by atoms with Gasteiger partial charge in [-0.1, -0.05) is 26.0 Å². The number of hydrogen-bond donors (Lipinski definition) is 1. The van der Waals surface area contributed by atoms with E-state index in [0.717, 1.165) is 32.2 Å². The summed E-state index contributed by atoms with van der Waals surface area (Å²) >= 11 is 0. The minimum atomic E-state index is 0.439. The van der Waals surface area contributed by atoms with Gasteiger partial charge in [0.1, 0.15) is 5.78 Å². The number of nitrogens with one attached hydrogen (secondary N) is 1. The van der Waals surface area contributed by atoms with Crippen molar-refractivity contribution >= 4 is 11.5 Å². The highest BCUT2D eigenvalue weighted by Crippen LogP contribution is 2.23. The molecule has 0 radical (unpaired) electrons. The molecule has 1 aliphatic carbocycles. The maximum absolute atomic E-state index is 11.2. The molecule has 1 N–H and O–H groups in total. The molecule has 1 aliphatic rings. The van der Waals surface area contributed by atoms with Gasteiger partial charge in [0.2, 0.25) is 0 Å². The Morgan fingerprint density at radius 2 is 1.84 bits per heavy atom. The molecule has 19 heavy (non-hydrogen) atoms. The summed E-state index contributed by atoms with van der Waals surface area (Å²) in [7, 11) is 0. The van der Waals surface area contributed by atoms with Crippen LogP contribution in [0.3, 0.4) is 0 Å². The summed E-state index contributed by atoms with van der Waals surface area (Å²) in [5.41, 5.74) is 2.61. The number of carbonyl (C=O) groups is 1. The SMILES string of the molecule is CCC(C)c1ccc(NCC2CCC(=O)CC2)cc1. The molecular weight excluding hydrogens is 234 g/mol. The van der Waals surface area contributed by atoms with E-state index in [0.29, 0.717) is 17.6 Å². The number of hydrogen-bond acceptors (Lipinski definition) is 2. The lowest BCUT2D eigenvalue weighted by molar-refractivity contribution is -0.120. The monoisotopic (exact) mass is 259 g/mol. The second-order valence-corrected chi connectivity index (χ2v) is 5.79. The molecule has 1 fully saturated rings. The van der Waals surface area contributed by atoms with Gasteiger partial charge in [-0.25, -0.2) is 0 Å². The standard InChI is InChI=1S/C17H25NO/c1-3-13(2)15-6-8-16(9-7-15)18-12-14-4-10-17(19)11-5-14/h6-9,13-14,18H,3-5,10-12H2,1-2H3. The normalized spacial score (nSPS) is 18.3. The lowest BCUT2D eigenvalue weighted by atomic mass is 9.88. The number of rotatable bonds is 5. The first kappa shape index (κ1) is 14.1. The third-order valence-corrected chi connectivity index (χ3v) is 4.35. The van der Waals surface area contributed by atoms with Gasteiger partial charge in [0, 0.05) is 25.1 Å². The van der Waals surface area contributed by atoms with Gasteiger partial charge in [-0.05, 0) is 48.8 Å². The van der Waals surface area contributed by atoms with E-state index >= 15 is 0 Å². The zero-order valence-corrected chi connectivity index (χ0v) is 12.1. The second-order valence-electron chi connectivity index (χ2n) is 5.79. The average Bonchev–Trinajstić information content (AvgIpc) is 2.46. The van der Waals surface area contributed by atoms with Crippen LogP contribution in [0.2, 0.25) is 0 Å². The van der Waals surface area contributed by atoms with Crippen LogP contribution in [0.15, 0.2) is 24.3 Å². The molecule has 0 heterocycles. The molecule has 1 aromatic rings. The van der Waals surface area contributed by atoms with E-state index in [2.05, 4.69) is 43.4 Å². The van der Waals surface area contributed by atoms with E-state index in [1.54, 1.807) is 0 Å². The van der Waals surface area contributed by atoms with Crippen molar-refractivity contribution in [1.82, 2.24) is 0 Å². The summed E-state index contributed by atoms with van der Waals surface area (Å²) in [5, 5.41) is 3.50. The zero-order valence-electron chi connectivity index (χ0n) is 12.1. The first-order valence-corrected chi connectivity index (χ1v) is 7.54. The minimum absolute atomic E-state index is 0.439. The molecule has 0 aromatic heterocycles. The van der Waals surface area contributed by atoms with Gasteiger partial charge >= 0.3 is 0 Å². The summed E-state index contributed by atoms with van der Waals surface area (Å²) in [6.07, 6.45) is 4.84. The van der Waals surface area contributed by atoms with Crippen molar-refractivity contribution in [2.75, 3.05) is 11.9 Å². The molecule has 0 amide bonds. The van der Waals surface area contributed by atoms with Crippen molar-refractivity contribution in [3.05, 3.63) is 29.8 Å². The highest BCUT2D eigenvalue weighted by molar-refractivity contribution is 5.79.